The molecule has 6 aromatic heterocycles. The van der Waals surface area contributed by atoms with Gasteiger partial charge in [-0.3, -0.25) is 19.9 Å². The van der Waals surface area contributed by atoms with Gasteiger partial charge in [0.2, 0.25) is 5.91 Å². The second-order valence-electron chi connectivity index (χ2n) is 8.46. The molecule has 0 saturated carbocycles. The van der Waals surface area contributed by atoms with Gasteiger partial charge >= 0.3 is 0 Å². The highest BCUT2D eigenvalue weighted by atomic mass is 16.3. The highest BCUT2D eigenvalue weighted by Gasteiger charge is 2.17. The average molecular weight is 479 g/mol. The summed E-state index contributed by atoms with van der Waals surface area (Å²) in [4.78, 5) is 33.5. The number of fused-ring (bicyclic) bond motifs is 2. The van der Waals surface area contributed by atoms with Gasteiger partial charge in [-0.15, -0.1) is 0 Å². The smallest absolute Gasteiger partial charge is 0.224 e. The third-order valence-electron chi connectivity index (χ3n) is 5.97. The van der Waals surface area contributed by atoms with Crippen LogP contribution in [0.5, 0.6) is 0 Å². The fraction of sp³-hybridized carbons (Fsp3) is 0.154. The molecule has 36 heavy (non-hydrogen) atoms. The number of anilines is 1. The number of carbonyl (C=O) groups is 1. The molecule has 0 spiro atoms. The number of amides is 1. The first kappa shape index (κ1) is 21.7. The fourth-order valence-corrected chi connectivity index (χ4v) is 4.15. The fourth-order valence-electron chi connectivity index (χ4n) is 4.15. The Morgan fingerprint density at radius 1 is 1.11 bits per heavy atom. The quantitative estimate of drug-likeness (QED) is 0.281. The number of H-pyrrole nitrogens is 2. The van der Waals surface area contributed by atoms with Gasteiger partial charge in [0.05, 0.1) is 47.3 Å². The summed E-state index contributed by atoms with van der Waals surface area (Å²) in [6, 6.07) is 7.62. The normalized spacial score (nSPS) is 11.4. The van der Waals surface area contributed by atoms with Gasteiger partial charge in [0.1, 0.15) is 5.69 Å². The standard InChI is InChI=1S/C26H22N8O2/c1-2-3-4-22(35)30-17-9-16(11-27-12-17)20-10-19-21(13-29-20)33-34-24(19)26-31-23-18(15-6-8-36-14-15)5-7-28-25(23)32-26/h5-14H,2-4H2,1H3,(H,30,35)(H,33,34)(H,28,31,32). The molecule has 0 bridgehead atoms. The van der Waals surface area contributed by atoms with Crippen molar-refractivity contribution in [1.29, 1.82) is 0 Å². The lowest BCUT2D eigenvalue weighted by molar-refractivity contribution is -0.116. The Bertz CT molecular complexity index is 1680. The molecule has 1 amide bonds. The predicted molar refractivity (Wildman–Crippen MR) is 136 cm³/mol. The van der Waals surface area contributed by atoms with Crippen LogP contribution in [0.2, 0.25) is 0 Å². The topological polar surface area (TPSA) is 138 Å². The Morgan fingerprint density at radius 2 is 2.06 bits per heavy atom. The number of furan rings is 1. The monoisotopic (exact) mass is 478 g/mol. The van der Waals surface area contributed by atoms with Crippen molar-refractivity contribution in [3.05, 3.63) is 61.6 Å². The Hall–Kier alpha value is -4.86. The largest absolute Gasteiger partial charge is 0.472 e. The van der Waals surface area contributed by atoms with Crippen LogP contribution in [0.4, 0.5) is 5.69 Å². The number of unbranched alkanes of at least 4 members (excludes halogenated alkanes) is 1. The minimum absolute atomic E-state index is 0.0235. The number of rotatable bonds is 7. The van der Waals surface area contributed by atoms with Gasteiger partial charge in [0.25, 0.3) is 0 Å². The molecule has 0 aliphatic heterocycles. The third kappa shape index (κ3) is 3.98. The highest BCUT2D eigenvalue weighted by Crippen LogP contribution is 2.32. The van der Waals surface area contributed by atoms with E-state index in [1.165, 1.54) is 0 Å². The van der Waals surface area contributed by atoms with E-state index in [4.69, 9.17) is 4.42 Å². The van der Waals surface area contributed by atoms with Crippen LogP contribution >= 0.6 is 0 Å². The third-order valence-corrected chi connectivity index (χ3v) is 5.97. The molecule has 6 aromatic rings. The van der Waals surface area contributed by atoms with Gasteiger partial charge in [-0.25, -0.2) is 9.97 Å². The first-order chi connectivity index (χ1) is 17.7. The van der Waals surface area contributed by atoms with Crippen molar-refractivity contribution < 1.29 is 9.21 Å². The zero-order valence-electron chi connectivity index (χ0n) is 19.4. The summed E-state index contributed by atoms with van der Waals surface area (Å²) in [5.74, 6) is 0.566. The molecule has 10 heteroatoms. The summed E-state index contributed by atoms with van der Waals surface area (Å²) in [5.41, 5.74) is 6.82. The zero-order valence-corrected chi connectivity index (χ0v) is 19.4. The average Bonchev–Trinajstić information content (AvgIpc) is 3.66. The van der Waals surface area contributed by atoms with Crippen molar-refractivity contribution in [1.82, 2.24) is 35.1 Å². The first-order valence-electron chi connectivity index (χ1n) is 11.7. The van der Waals surface area contributed by atoms with Gasteiger partial charge in [-0.2, -0.15) is 5.10 Å². The van der Waals surface area contributed by atoms with Crippen LogP contribution in [0.15, 0.2) is 66.0 Å². The Kier molecular flexibility index (Phi) is 5.45. The Morgan fingerprint density at radius 3 is 2.92 bits per heavy atom. The first-order valence-corrected chi connectivity index (χ1v) is 11.7. The summed E-state index contributed by atoms with van der Waals surface area (Å²) in [5, 5.41) is 11.3. The van der Waals surface area contributed by atoms with E-state index in [1.54, 1.807) is 37.3 Å². The van der Waals surface area contributed by atoms with Crippen LogP contribution in [0.1, 0.15) is 26.2 Å². The van der Waals surface area contributed by atoms with Crippen molar-refractivity contribution in [2.24, 2.45) is 0 Å². The molecular weight excluding hydrogens is 456 g/mol. The Labute approximate surface area is 205 Å². The van der Waals surface area contributed by atoms with Crippen molar-refractivity contribution in [3.8, 4) is 33.9 Å². The van der Waals surface area contributed by atoms with E-state index in [9.17, 15) is 4.79 Å². The number of nitrogens with one attached hydrogen (secondary N) is 3. The van der Waals surface area contributed by atoms with Crippen molar-refractivity contribution in [3.63, 3.8) is 0 Å². The molecule has 0 saturated heterocycles. The van der Waals surface area contributed by atoms with Gasteiger partial charge in [0, 0.05) is 40.9 Å². The summed E-state index contributed by atoms with van der Waals surface area (Å²) >= 11 is 0. The molecule has 6 rings (SSSR count). The molecule has 6 heterocycles. The lowest BCUT2D eigenvalue weighted by Gasteiger charge is -2.07. The summed E-state index contributed by atoms with van der Waals surface area (Å²) < 4.78 is 5.25. The van der Waals surface area contributed by atoms with Crippen molar-refractivity contribution in [2.45, 2.75) is 26.2 Å². The lowest BCUT2D eigenvalue weighted by atomic mass is 10.1. The van der Waals surface area contributed by atoms with Gasteiger partial charge in [0.15, 0.2) is 11.5 Å². The van der Waals surface area contributed by atoms with Gasteiger partial charge in [-0.05, 0) is 30.7 Å². The van der Waals surface area contributed by atoms with E-state index in [0.717, 1.165) is 46.0 Å². The summed E-state index contributed by atoms with van der Waals surface area (Å²) in [7, 11) is 0. The maximum absolute atomic E-state index is 12.1. The maximum atomic E-state index is 12.1. The van der Waals surface area contributed by atoms with E-state index in [-0.39, 0.29) is 5.91 Å². The number of nitrogens with zero attached hydrogens (tertiary/aromatic N) is 5. The molecule has 0 fully saturated rings. The number of hydrogen-bond donors (Lipinski definition) is 3. The molecular formula is C26H22N8O2. The number of pyridine rings is 3. The number of aromatic amines is 2. The number of aromatic nitrogens is 7. The van der Waals surface area contributed by atoms with E-state index in [2.05, 4.69) is 47.4 Å². The SMILES string of the molecule is CCCCC(=O)Nc1cncc(-c2cc3c(-c4nc5nccc(-c6ccoc6)c5[nH]4)n[nH]c3cn2)c1. The Balaban J connectivity index is 1.37. The molecule has 3 N–H and O–H groups in total. The molecule has 0 unspecified atom stereocenters. The second-order valence-corrected chi connectivity index (χ2v) is 8.46. The van der Waals surface area contributed by atoms with E-state index in [0.29, 0.717) is 35.0 Å². The minimum Gasteiger partial charge on any atom is -0.472 e. The van der Waals surface area contributed by atoms with Crippen LogP contribution in [-0.4, -0.2) is 41.0 Å². The number of carbonyl (C=O) groups excluding carboxylic acids is 1. The summed E-state index contributed by atoms with van der Waals surface area (Å²) in [6.07, 6.45) is 12.4. The van der Waals surface area contributed by atoms with Crippen molar-refractivity contribution >= 4 is 33.7 Å². The second kappa shape index (κ2) is 9.06. The number of hydrogen-bond acceptors (Lipinski definition) is 7. The predicted octanol–water partition coefficient (Wildman–Crippen LogP) is 5.35. The van der Waals surface area contributed by atoms with Crippen LogP contribution in [-0.2, 0) is 4.79 Å². The summed E-state index contributed by atoms with van der Waals surface area (Å²) in [6.45, 7) is 2.06. The highest BCUT2D eigenvalue weighted by molar-refractivity contribution is 5.97. The molecule has 178 valence electrons. The maximum Gasteiger partial charge on any atom is 0.224 e. The van der Waals surface area contributed by atoms with Crippen LogP contribution in [0, 0.1) is 0 Å². The van der Waals surface area contributed by atoms with Crippen LogP contribution < -0.4 is 5.32 Å². The molecule has 0 aliphatic carbocycles. The number of imidazole rings is 1. The lowest BCUT2D eigenvalue weighted by Crippen LogP contribution is -2.11. The van der Waals surface area contributed by atoms with Crippen LogP contribution in [0.3, 0.4) is 0 Å². The minimum atomic E-state index is -0.0235. The molecule has 0 atom stereocenters. The van der Waals surface area contributed by atoms with Crippen LogP contribution in [0.25, 0.3) is 56.0 Å². The zero-order chi connectivity index (χ0) is 24.5. The van der Waals surface area contributed by atoms with Gasteiger partial charge in [-0.1, -0.05) is 13.3 Å². The van der Waals surface area contributed by atoms with Crippen molar-refractivity contribution in [2.75, 3.05) is 5.32 Å². The molecule has 0 aromatic carbocycles. The van der Waals surface area contributed by atoms with E-state index < -0.39 is 0 Å². The molecule has 0 radical (unpaired) electrons. The van der Waals surface area contributed by atoms with E-state index >= 15 is 0 Å². The molecule has 10 nitrogen and oxygen atoms in total. The van der Waals surface area contributed by atoms with Gasteiger partial charge < -0.3 is 14.7 Å². The molecule has 0 aliphatic rings. The van der Waals surface area contributed by atoms with E-state index in [1.807, 2.05) is 24.3 Å².